The van der Waals surface area contributed by atoms with Gasteiger partial charge in [-0.2, -0.15) is 5.10 Å². The van der Waals surface area contributed by atoms with Gasteiger partial charge in [0.2, 0.25) is 0 Å². The number of thioether (sulfide) groups is 1. The van der Waals surface area contributed by atoms with E-state index in [0.717, 1.165) is 22.7 Å². The molecule has 2 aliphatic rings. The van der Waals surface area contributed by atoms with E-state index in [1.165, 1.54) is 0 Å². The first kappa shape index (κ1) is 13.1. The summed E-state index contributed by atoms with van der Waals surface area (Å²) >= 11 is 1.70. The molecule has 7 heteroatoms. The van der Waals surface area contributed by atoms with Gasteiger partial charge in [0, 0.05) is 26.0 Å². The molecule has 1 atom stereocenters. The molecule has 6 nitrogen and oxygen atoms in total. The molecule has 1 aromatic rings. The molecule has 106 valence electrons. The van der Waals surface area contributed by atoms with Crippen molar-refractivity contribution in [3.05, 3.63) is 52.2 Å². The maximum atomic E-state index is 6.08. The van der Waals surface area contributed by atoms with Crippen LogP contribution in [0.2, 0.25) is 0 Å². The predicted octanol–water partition coefficient (Wildman–Crippen LogP) is 0.846. The van der Waals surface area contributed by atoms with Gasteiger partial charge in [-0.15, -0.1) is 11.8 Å². The number of allylic oxidation sites excluding steroid dienone is 1. The molecular weight excluding hydrogens is 274 g/mol. The summed E-state index contributed by atoms with van der Waals surface area (Å²) in [5.41, 5.74) is 14.6. The molecule has 0 fully saturated rings. The Kier molecular flexibility index (Phi) is 3.23. The van der Waals surface area contributed by atoms with Crippen molar-refractivity contribution >= 4 is 11.8 Å². The zero-order valence-corrected chi connectivity index (χ0v) is 12.0. The topological polar surface area (TPSA) is 102 Å². The van der Waals surface area contributed by atoms with Crippen LogP contribution in [0.3, 0.4) is 0 Å². The van der Waals surface area contributed by atoms with Crippen molar-refractivity contribution in [2.75, 3.05) is 13.7 Å². The number of dihydropyridines is 1. The normalized spacial score (nSPS) is 25.1. The summed E-state index contributed by atoms with van der Waals surface area (Å²) < 4.78 is 4.99. The van der Waals surface area contributed by atoms with Crippen LogP contribution in [-0.2, 0) is 9.48 Å². The Morgan fingerprint density at radius 3 is 3.00 bits per heavy atom. The molecular formula is C13H17N5OS. The van der Waals surface area contributed by atoms with Crippen LogP contribution in [-0.4, -0.2) is 23.9 Å². The predicted molar refractivity (Wildman–Crippen MR) is 79.1 cm³/mol. The smallest absolute Gasteiger partial charge is 0.103 e. The summed E-state index contributed by atoms with van der Waals surface area (Å²) in [5, 5.41) is 10.3. The Hall–Kier alpha value is -1.86. The molecule has 1 aromatic heterocycles. The fraction of sp³-hybridized carbons (Fsp3) is 0.308. The number of aromatic amines is 1. The molecule has 0 spiro atoms. The van der Waals surface area contributed by atoms with Crippen LogP contribution < -0.4 is 16.8 Å². The standard InChI is InChI=1S/C13H17N5OS/c1-19-5-3-13(10-2-4-16-18-10)7-9-12(20-13)8(14)6-11(15)17-9/h2,4,6-7,17H,3,5,14-15H2,1H3,(H,16,18). The Morgan fingerprint density at radius 2 is 2.30 bits per heavy atom. The van der Waals surface area contributed by atoms with Gasteiger partial charge in [-0.05, 0) is 18.6 Å². The lowest BCUT2D eigenvalue weighted by Gasteiger charge is -2.24. The number of methoxy groups -OCH3 is 1. The van der Waals surface area contributed by atoms with Crippen LogP contribution >= 0.6 is 11.8 Å². The molecule has 3 rings (SSSR count). The van der Waals surface area contributed by atoms with Gasteiger partial charge in [0.1, 0.15) is 5.82 Å². The summed E-state index contributed by atoms with van der Waals surface area (Å²) in [4.78, 5) is 1.02. The highest BCUT2D eigenvalue weighted by Gasteiger charge is 2.41. The molecule has 0 aromatic carbocycles. The third kappa shape index (κ3) is 2.08. The van der Waals surface area contributed by atoms with Crippen LogP contribution in [0, 0.1) is 0 Å². The van der Waals surface area contributed by atoms with Crippen LogP contribution in [0.4, 0.5) is 0 Å². The molecule has 3 heterocycles. The molecule has 0 radical (unpaired) electrons. The zero-order valence-electron chi connectivity index (χ0n) is 11.1. The van der Waals surface area contributed by atoms with Crippen molar-refractivity contribution in [2.24, 2.45) is 11.5 Å². The molecule has 6 N–H and O–H groups in total. The minimum absolute atomic E-state index is 0.257. The van der Waals surface area contributed by atoms with Crippen LogP contribution in [0.5, 0.6) is 0 Å². The van der Waals surface area contributed by atoms with Crippen molar-refractivity contribution in [1.29, 1.82) is 0 Å². The van der Waals surface area contributed by atoms with Gasteiger partial charge < -0.3 is 21.5 Å². The molecule has 20 heavy (non-hydrogen) atoms. The number of hydrogen-bond donors (Lipinski definition) is 4. The number of nitrogens with one attached hydrogen (secondary N) is 2. The van der Waals surface area contributed by atoms with E-state index >= 15 is 0 Å². The van der Waals surface area contributed by atoms with Gasteiger partial charge in [-0.1, -0.05) is 0 Å². The van der Waals surface area contributed by atoms with E-state index < -0.39 is 0 Å². The Bertz CT molecular complexity index is 604. The summed E-state index contributed by atoms with van der Waals surface area (Å²) in [6.07, 6.45) is 6.46. The van der Waals surface area contributed by atoms with Crippen LogP contribution in [0.25, 0.3) is 0 Å². The number of rotatable bonds is 4. The number of fused-ring (bicyclic) bond motifs is 1. The van der Waals surface area contributed by atoms with E-state index in [1.54, 1.807) is 31.1 Å². The van der Waals surface area contributed by atoms with E-state index in [1.807, 2.05) is 6.07 Å². The van der Waals surface area contributed by atoms with Crippen molar-refractivity contribution in [3.8, 4) is 0 Å². The Morgan fingerprint density at radius 1 is 1.45 bits per heavy atom. The van der Waals surface area contributed by atoms with Gasteiger partial charge >= 0.3 is 0 Å². The van der Waals surface area contributed by atoms with E-state index in [4.69, 9.17) is 16.2 Å². The lowest BCUT2D eigenvalue weighted by atomic mass is 9.99. The SMILES string of the molecule is COCCC1(c2ccn[nH]2)C=C2NC(N)=CC(N)=C2S1. The number of aromatic nitrogens is 2. The van der Waals surface area contributed by atoms with Crippen molar-refractivity contribution in [2.45, 2.75) is 11.2 Å². The molecule has 0 saturated carbocycles. The highest BCUT2D eigenvalue weighted by Crippen LogP contribution is 2.53. The second-order valence-electron chi connectivity index (χ2n) is 4.77. The van der Waals surface area contributed by atoms with E-state index in [2.05, 4.69) is 21.6 Å². The van der Waals surface area contributed by atoms with Gasteiger partial charge in [-0.25, -0.2) is 0 Å². The second kappa shape index (κ2) is 4.92. The minimum Gasteiger partial charge on any atom is -0.398 e. The molecule has 1 unspecified atom stereocenters. The van der Waals surface area contributed by atoms with Crippen molar-refractivity contribution in [3.63, 3.8) is 0 Å². The Balaban J connectivity index is 2.01. The molecule has 0 amide bonds. The molecule has 2 aliphatic heterocycles. The number of hydrogen-bond acceptors (Lipinski definition) is 6. The lowest BCUT2D eigenvalue weighted by molar-refractivity contribution is 0.188. The average molecular weight is 291 g/mol. The summed E-state index contributed by atoms with van der Waals surface area (Å²) in [6, 6.07) is 1.98. The van der Waals surface area contributed by atoms with Gasteiger partial charge in [-0.3, -0.25) is 5.10 Å². The first-order valence-corrected chi connectivity index (χ1v) is 7.11. The maximum Gasteiger partial charge on any atom is 0.103 e. The Labute approximate surface area is 121 Å². The van der Waals surface area contributed by atoms with E-state index in [-0.39, 0.29) is 4.75 Å². The fourth-order valence-electron chi connectivity index (χ4n) is 2.43. The number of nitrogens with two attached hydrogens (primary N) is 2. The number of H-pyrrole nitrogens is 1. The van der Waals surface area contributed by atoms with Crippen LogP contribution in [0.1, 0.15) is 12.1 Å². The van der Waals surface area contributed by atoms with Crippen molar-refractivity contribution in [1.82, 2.24) is 15.5 Å². The summed E-state index contributed by atoms with van der Waals surface area (Å²) in [6.45, 7) is 0.645. The van der Waals surface area contributed by atoms with Crippen LogP contribution in [0.15, 0.2) is 46.5 Å². The molecule has 0 bridgehead atoms. The van der Waals surface area contributed by atoms with E-state index in [0.29, 0.717) is 18.1 Å². The van der Waals surface area contributed by atoms with Crippen molar-refractivity contribution < 1.29 is 4.74 Å². The average Bonchev–Trinajstić information content (AvgIpc) is 3.03. The number of ether oxygens (including phenoxy) is 1. The first-order chi connectivity index (χ1) is 9.64. The quantitative estimate of drug-likeness (QED) is 0.656. The minimum atomic E-state index is -0.257. The van der Waals surface area contributed by atoms with E-state index in [9.17, 15) is 0 Å². The highest BCUT2D eigenvalue weighted by molar-refractivity contribution is 8.04. The second-order valence-corrected chi connectivity index (χ2v) is 6.11. The first-order valence-electron chi connectivity index (χ1n) is 6.29. The zero-order chi connectivity index (χ0) is 14.2. The van der Waals surface area contributed by atoms with Gasteiger partial charge in [0.05, 0.1) is 26.7 Å². The lowest BCUT2D eigenvalue weighted by Crippen LogP contribution is -2.24. The summed E-state index contributed by atoms with van der Waals surface area (Å²) in [5.74, 6) is 0.560. The van der Waals surface area contributed by atoms with Gasteiger partial charge in [0.25, 0.3) is 0 Å². The monoisotopic (exact) mass is 291 g/mol. The number of nitrogens with zero attached hydrogens (tertiary/aromatic N) is 1. The molecule has 0 saturated heterocycles. The summed E-state index contributed by atoms with van der Waals surface area (Å²) in [7, 11) is 1.70. The third-order valence-corrected chi connectivity index (χ3v) is 4.96. The third-order valence-electron chi connectivity index (χ3n) is 3.39. The fourth-order valence-corrected chi connectivity index (χ4v) is 3.78. The molecule has 0 aliphatic carbocycles. The highest BCUT2D eigenvalue weighted by atomic mass is 32.2. The largest absolute Gasteiger partial charge is 0.398 e. The maximum absolute atomic E-state index is 6.08. The van der Waals surface area contributed by atoms with Gasteiger partial charge in [0.15, 0.2) is 0 Å².